The number of amides is 1. The van der Waals surface area contributed by atoms with Crippen molar-refractivity contribution in [3.8, 4) is 5.75 Å². The molecule has 1 amide bonds. The predicted molar refractivity (Wildman–Crippen MR) is 58.5 cm³/mol. The average Bonchev–Trinajstić information content (AvgIpc) is 2.72. The summed E-state index contributed by atoms with van der Waals surface area (Å²) in [5, 5.41) is 10.7. The van der Waals surface area contributed by atoms with Gasteiger partial charge in [0.15, 0.2) is 0 Å². The second-order valence-electron chi connectivity index (χ2n) is 3.92. The van der Waals surface area contributed by atoms with Crippen LogP contribution in [0, 0.1) is 5.92 Å². The summed E-state index contributed by atoms with van der Waals surface area (Å²) < 4.78 is 5.01. The molecule has 0 aromatic heterocycles. The first-order chi connectivity index (χ1) is 8.11. The van der Waals surface area contributed by atoms with Gasteiger partial charge in [-0.25, -0.2) is 0 Å². The summed E-state index contributed by atoms with van der Waals surface area (Å²) in [6.45, 7) is 0.174. The molecule has 5 heteroatoms. The first kappa shape index (κ1) is 11.4. The minimum absolute atomic E-state index is 0.00830. The van der Waals surface area contributed by atoms with Crippen molar-refractivity contribution in [2.75, 3.05) is 18.6 Å². The molecule has 1 aromatic carbocycles. The van der Waals surface area contributed by atoms with Gasteiger partial charge in [-0.3, -0.25) is 4.79 Å². The third-order valence-electron chi connectivity index (χ3n) is 2.84. The Morgan fingerprint density at radius 3 is 2.53 bits per heavy atom. The quantitative estimate of drug-likeness (QED) is 0.726. The molecular weight excluding hydrogens is 222 g/mol. The number of aliphatic carboxylic acids is 1. The number of carboxylic acids is 1. The van der Waals surface area contributed by atoms with Crippen LogP contribution in [0.3, 0.4) is 0 Å². The Bertz CT molecular complexity index is 440. The van der Waals surface area contributed by atoms with E-state index in [9.17, 15) is 14.7 Å². The van der Waals surface area contributed by atoms with Crippen molar-refractivity contribution in [2.24, 2.45) is 5.92 Å². The summed E-state index contributed by atoms with van der Waals surface area (Å²) in [4.78, 5) is 23.8. The lowest BCUT2D eigenvalue weighted by Crippen LogP contribution is -2.33. The van der Waals surface area contributed by atoms with Gasteiger partial charge in [0.25, 0.3) is 0 Å². The highest BCUT2D eigenvalue weighted by Crippen LogP contribution is 2.26. The summed E-state index contributed by atoms with van der Waals surface area (Å²) in [5.74, 6) is -1.39. The molecule has 1 atom stereocenters. The Hall–Kier alpha value is -2.04. The molecule has 17 heavy (non-hydrogen) atoms. The van der Waals surface area contributed by atoms with E-state index in [1.807, 2.05) is 0 Å². The highest BCUT2D eigenvalue weighted by atomic mass is 16.5. The summed E-state index contributed by atoms with van der Waals surface area (Å²) in [6.07, 6.45) is 0.00830. The summed E-state index contributed by atoms with van der Waals surface area (Å²) >= 11 is 0. The molecule has 0 aliphatic carbocycles. The van der Waals surface area contributed by atoms with Crippen molar-refractivity contribution in [2.45, 2.75) is 6.42 Å². The van der Waals surface area contributed by atoms with E-state index in [1.165, 1.54) is 4.90 Å². The first-order valence-electron chi connectivity index (χ1n) is 5.27. The van der Waals surface area contributed by atoms with Crippen molar-refractivity contribution >= 4 is 17.6 Å². The largest absolute Gasteiger partial charge is 0.550 e. The van der Waals surface area contributed by atoms with Crippen molar-refractivity contribution < 1.29 is 19.4 Å². The molecule has 1 saturated heterocycles. The fourth-order valence-electron chi connectivity index (χ4n) is 1.88. The van der Waals surface area contributed by atoms with Gasteiger partial charge < -0.3 is 19.5 Å². The molecule has 0 saturated carbocycles. The van der Waals surface area contributed by atoms with Crippen LogP contribution in [-0.2, 0) is 9.59 Å². The van der Waals surface area contributed by atoms with Crippen LogP contribution >= 0.6 is 0 Å². The molecule has 0 spiro atoms. The van der Waals surface area contributed by atoms with Crippen LogP contribution in [0.4, 0.5) is 5.69 Å². The maximum atomic E-state index is 11.6. The zero-order chi connectivity index (χ0) is 12.4. The molecule has 0 bridgehead atoms. The van der Waals surface area contributed by atoms with Crippen LogP contribution in [0.1, 0.15) is 6.42 Å². The van der Waals surface area contributed by atoms with E-state index in [0.717, 1.165) is 0 Å². The van der Waals surface area contributed by atoms with Gasteiger partial charge in [-0.2, -0.15) is 0 Å². The van der Waals surface area contributed by atoms with Crippen LogP contribution in [0.2, 0.25) is 0 Å². The number of methoxy groups -OCH3 is 1. The van der Waals surface area contributed by atoms with Gasteiger partial charge in [0.2, 0.25) is 5.91 Å². The van der Waals surface area contributed by atoms with E-state index in [-0.39, 0.29) is 18.9 Å². The van der Waals surface area contributed by atoms with Gasteiger partial charge >= 0.3 is 0 Å². The summed E-state index contributed by atoms with van der Waals surface area (Å²) in [7, 11) is 1.56. The van der Waals surface area contributed by atoms with E-state index in [2.05, 4.69) is 0 Å². The fourth-order valence-corrected chi connectivity index (χ4v) is 1.88. The molecule has 0 unspecified atom stereocenters. The monoisotopic (exact) mass is 234 g/mol. The minimum atomic E-state index is -1.17. The van der Waals surface area contributed by atoms with Crippen LogP contribution in [0.15, 0.2) is 24.3 Å². The number of nitrogens with zero attached hydrogens (tertiary/aromatic N) is 1. The van der Waals surface area contributed by atoms with Gasteiger partial charge in [0.1, 0.15) is 5.75 Å². The predicted octanol–water partition coefficient (Wildman–Crippen LogP) is -0.202. The first-order valence-corrected chi connectivity index (χ1v) is 5.27. The highest BCUT2D eigenvalue weighted by molar-refractivity contribution is 5.98. The molecule has 90 valence electrons. The fraction of sp³-hybridized carbons (Fsp3) is 0.333. The van der Waals surface area contributed by atoms with Crippen LogP contribution in [0.25, 0.3) is 0 Å². The number of benzene rings is 1. The van der Waals surface area contributed by atoms with Crippen LogP contribution in [0.5, 0.6) is 5.75 Å². The van der Waals surface area contributed by atoms with Crippen LogP contribution in [-0.4, -0.2) is 25.5 Å². The molecule has 0 radical (unpaired) electrons. The number of carboxylic acid groups (broad SMARTS) is 1. The number of carbonyl (C=O) groups is 2. The maximum Gasteiger partial charge on any atom is 0.227 e. The maximum absolute atomic E-state index is 11.6. The van der Waals surface area contributed by atoms with Gasteiger partial charge in [-0.15, -0.1) is 0 Å². The van der Waals surface area contributed by atoms with Crippen molar-refractivity contribution in [1.29, 1.82) is 0 Å². The Morgan fingerprint density at radius 1 is 1.41 bits per heavy atom. The van der Waals surface area contributed by atoms with Gasteiger partial charge in [-0.05, 0) is 24.3 Å². The number of ether oxygens (including phenoxy) is 1. The molecule has 1 aliphatic rings. The van der Waals surface area contributed by atoms with Crippen molar-refractivity contribution in [3.05, 3.63) is 24.3 Å². The normalized spacial score (nSPS) is 19.5. The lowest BCUT2D eigenvalue weighted by molar-refractivity contribution is -0.310. The second kappa shape index (κ2) is 4.45. The zero-order valence-electron chi connectivity index (χ0n) is 9.38. The summed E-state index contributed by atoms with van der Waals surface area (Å²) in [6, 6.07) is 6.92. The SMILES string of the molecule is COc1ccc(N2C[C@@H](C(=O)[O-])CC2=O)cc1. The van der Waals surface area contributed by atoms with E-state index in [4.69, 9.17) is 4.74 Å². The molecule has 1 fully saturated rings. The second-order valence-corrected chi connectivity index (χ2v) is 3.92. The zero-order valence-corrected chi connectivity index (χ0v) is 9.38. The average molecular weight is 234 g/mol. The summed E-state index contributed by atoms with van der Waals surface area (Å²) in [5.41, 5.74) is 0.680. The number of rotatable bonds is 3. The smallest absolute Gasteiger partial charge is 0.227 e. The minimum Gasteiger partial charge on any atom is -0.550 e. The Kier molecular flexibility index (Phi) is 2.99. The molecule has 2 rings (SSSR count). The third kappa shape index (κ3) is 2.22. The lowest BCUT2D eigenvalue weighted by atomic mass is 10.1. The molecule has 0 N–H and O–H groups in total. The number of carbonyl (C=O) groups excluding carboxylic acids is 2. The van der Waals surface area contributed by atoms with E-state index < -0.39 is 11.9 Å². The molecular formula is C12H12NO4-. The Morgan fingerprint density at radius 2 is 2.06 bits per heavy atom. The Balaban J connectivity index is 2.17. The molecule has 1 heterocycles. The topological polar surface area (TPSA) is 69.7 Å². The highest BCUT2D eigenvalue weighted by Gasteiger charge is 2.31. The van der Waals surface area contributed by atoms with Gasteiger partial charge in [0.05, 0.1) is 7.11 Å². The third-order valence-corrected chi connectivity index (χ3v) is 2.84. The number of hydrogen-bond donors (Lipinski definition) is 0. The molecule has 1 aromatic rings. The van der Waals surface area contributed by atoms with Gasteiger partial charge in [-0.1, -0.05) is 0 Å². The molecule has 5 nitrogen and oxygen atoms in total. The van der Waals surface area contributed by atoms with Crippen molar-refractivity contribution in [1.82, 2.24) is 0 Å². The van der Waals surface area contributed by atoms with Crippen molar-refractivity contribution in [3.63, 3.8) is 0 Å². The number of anilines is 1. The van der Waals surface area contributed by atoms with Gasteiger partial charge in [0, 0.05) is 30.5 Å². The lowest BCUT2D eigenvalue weighted by Gasteiger charge is -2.17. The van der Waals surface area contributed by atoms with E-state index in [0.29, 0.717) is 11.4 Å². The molecule has 1 aliphatic heterocycles. The number of hydrogen-bond acceptors (Lipinski definition) is 4. The Labute approximate surface area is 98.6 Å². The standard InChI is InChI=1S/C12H13NO4/c1-17-10-4-2-9(3-5-10)13-7-8(12(15)16)6-11(13)14/h2-5,8H,6-7H2,1H3,(H,15,16)/p-1/t8-/m0/s1. The van der Waals surface area contributed by atoms with Crippen LogP contribution < -0.4 is 14.7 Å². The van der Waals surface area contributed by atoms with E-state index in [1.54, 1.807) is 31.4 Å². The van der Waals surface area contributed by atoms with E-state index >= 15 is 0 Å².